The molecule has 9 nitrogen and oxygen atoms in total. The zero-order valence-electron chi connectivity index (χ0n) is 21.6. The average molecular weight is 569 g/mol. The third-order valence-corrected chi connectivity index (χ3v) is 6.17. The fourth-order valence-electron chi connectivity index (χ4n) is 4.30. The Hall–Kier alpha value is -5.00. The van der Waals surface area contributed by atoms with E-state index in [4.69, 9.17) is 14.6 Å². The number of pyridine rings is 1. The van der Waals surface area contributed by atoms with E-state index >= 15 is 0 Å². The average Bonchev–Trinajstić information content (AvgIpc) is 3.56. The topological polar surface area (TPSA) is 140 Å². The number of anilines is 1. The van der Waals surface area contributed by atoms with Crippen molar-refractivity contribution in [2.75, 3.05) is 18.5 Å². The van der Waals surface area contributed by atoms with Gasteiger partial charge in [0.1, 0.15) is 11.6 Å². The molecule has 214 valence electrons. The van der Waals surface area contributed by atoms with Crippen LogP contribution < -0.4 is 10.1 Å². The van der Waals surface area contributed by atoms with Gasteiger partial charge in [-0.15, -0.1) is 0 Å². The molecule has 0 aliphatic heterocycles. The number of hydrogen-bond acceptors (Lipinski definition) is 5. The summed E-state index contributed by atoms with van der Waals surface area (Å²) in [5.74, 6) is -2.25. The van der Waals surface area contributed by atoms with E-state index in [9.17, 15) is 23.1 Å². The molecule has 0 bridgehead atoms. The maximum Gasteiger partial charge on any atom is 0.490 e. The SMILES string of the molecule is O=C(O)C(F)(F)F.O=C(O)CC(c1cc2ccccc2[nH]1)c1c[nH]c2cc(OCCCNc3ccccn3)ccc12. The Bertz CT molecular complexity index is 1580. The maximum atomic E-state index is 11.7. The first-order valence-corrected chi connectivity index (χ1v) is 12.6. The van der Waals surface area contributed by atoms with Crippen LogP contribution in [0.4, 0.5) is 19.0 Å². The van der Waals surface area contributed by atoms with Gasteiger partial charge in [0.15, 0.2) is 0 Å². The molecule has 0 saturated carbocycles. The second-order valence-corrected chi connectivity index (χ2v) is 9.06. The number of benzene rings is 2. The van der Waals surface area contributed by atoms with Crippen molar-refractivity contribution >= 4 is 39.6 Å². The lowest BCUT2D eigenvalue weighted by Crippen LogP contribution is -2.21. The van der Waals surface area contributed by atoms with Crippen LogP contribution in [0.1, 0.15) is 30.0 Å². The van der Waals surface area contributed by atoms with Crippen molar-refractivity contribution < 1.29 is 37.7 Å². The third-order valence-electron chi connectivity index (χ3n) is 6.17. The highest BCUT2D eigenvalue weighted by Gasteiger charge is 2.38. The van der Waals surface area contributed by atoms with Crippen LogP contribution in [0.15, 0.2) is 79.1 Å². The molecule has 0 aliphatic carbocycles. The van der Waals surface area contributed by atoms with Crippen LogP contribution in [-0.2, 0) is 9.59 Å². The number of aromatic nitrogens is 3. The minimum absolute atomic E-state index is 0.00129. The summed E-state index contributed by atoms with van der Waals surface area (Å²) in [4.78, 5) is 31.5. The number of carboxylic acids is 2. The number of para-hydroxylation sites is 1. The van der Waals surface area contributed by atoms with Crippen LogP contribution in [-0.4, -0.2) is 56.4 Å². The number of ether oxygens (including phenoxy) is 1. The lowest BCUT2D eigenvalue weighted by atomic mass is 9.92. The number of halogens is 3. The van der Waals surface area contributed by atoms with Crippen molar-refractivity contribution in [3.8, 4) is 5.75 Å². The van der Waals surface area contributed by atoms with Gasteiger partial charge >= 0.3 is 18.1 Å². The van der Waals surface area contributed by atoms with Crippen LogP contribution in [0.3, 0.4) is 0 Å². The van der Waals surface area contributed by atoms with Gasteiger partial charge in [-0.05, 0) is 53.8 Å². The van der Waals surface area contributed by atoms with E-state index in [1.807, 2.05) is 72.9 Å². The van der Waals surface area contributed by atoms with Crippen LogP contribution in [0.25, 0.3) is 21.8 Å². The second kappa shape index (κ2) is 12.9. The van der Waals surface area contributed by atoms with Crippen molar-refractivity contribution in [3.05, 3.63) is 90.4 Å². The number of aromatic amines is 2. The molecule has 0 aliphatic rings. The zero-order valence-corrected chi connectivity index (χ0v) is 21.6. The first-order chi connectivity index (χ1) is 19.6. The van der Waals surface area contributed by atoms with E-state index < -0.39 is 18.1 Å². The minimum atomic E-state index is -5.08. The molecule has 0 amide bonds. The van der Waals surface area contributed by atoms with Crippen LogP contribution in [0.5, 0.6) is 5.75 Å². The Morgan fingerprint density at radius 1 is 1.00 bits per heavy atom. The number of nitrogens with one attached hydrogen (secondary N) is 3. The number of H-pyrrole nitrogens is 2. The lowest BCUT2D eigenvalue weighted by Gasteiger charge is -2.13. The van der Waals surface area contributed by atoms with Crippen molar-refractivity contribution in [1.29, 1.82) is 0 Å². The molecule has 0 fully saturated rings. The second-order valence-electron chi connectivity index (χ2n) is 9.06. The number of aliphatic carboxylic acids is 2. The summed E-state index contributed by atoms with van der Waals surface area (Å²) in [7, 11) is 0. The van der Waals surface area contributed by atoms with Gasteiger partial charge in [-0.3, -0.25) is 4.79 Å². The van der Waals surface area contributed by atoms with Crippen molar-refractivity contribution in [2.24, 2.45) is 0 Å². The number of carboxylic acid groups (broad SMARTS) is 2. The molecule has 5 aromatic rings. The maximum absolute atomic E-state index is 11.7. The van der Waals surface area contributed by atoms with Gasteiger partial charge in [-0.1, -0.05) is 24.3 Å². The Morgan fingerprint density at radius 3 is 2.44 bits per heavy atom. The Kier molecular flexibility index (Phi) is 9.12. The van der Waals surface area contributed by atoms with Gasteiger partial charge in [0.05, 0.1) is 13.0 Å². The van der Waals surface area contributed by atoms with E-state index in [1.54, 1.807) is 6.20 Å². The van der Waals surface area contributed by atoms with Crippen LogP contribution >= 0.6 is 0 Å². The first kappa shape index (κ1) is 29.0. The highest BCUT2D eigenvalue weighted by Crippen LogP contribution is 2.35. The van der Waals surface area contributed by atoms with Crippen LogP contribution in [0.2, 0.25) is 0 Å². The smallest absolute Gasteiger partial charge is 0.490 e. The molecular weight excluding hydrogens is 541 g/mol. The van der Waals surface area contributed by atoms with Gasteiger partial charge < -0.3 is 30.2 Å². The molecule has 3 heterocycles. The molecule has 2 aromatic carbocycles. The van der Waals surface area contributed by atoms with E-state index in [1.165, 1.54) is 0 Å². The number of fused-ring (bicyclic) bond motifs is 2. The number of hydrogen-bond donors (Lipinski definition) is 5. The first-order valence-electron chi connectivity index (χ1n) is 12.6. The Balaban J connectivity index is 0.000000493. The standard InChI is InChI=1S/C27H26N4O3.C2HF3O2/c32-27(33)16-21(25-14-18-6-1-2-7-23(18)31-25)22-17-30-24-15-19(9-10-20(22)24)34-13-5-12-29-26-8-3-4-11-28-26;3-2(4,5)1(6)7/h1-4,6-11,14-15,17,21,30-31H,5,12-13,16H2,(H,28,29)(H,32,33);(H,6,7). The van der Waals surface area contributed by atoms with Crippen molar-refractivity contribution in [2.45, 2.75) is 24.9 Å². The molecule has 12 heteroatoms. The quantitative estimate of drug-likeness (QED) is 0.127. The summed E-state index contributed by atoms with van der Waals surface area (Å²) < 4.78 is 37.7. The molecule has 1 unspecified atom stereocenters. The Morgan fingerprint density at radius 2 is 1.76 bits per heavy atom. The highest BCUT2D eigenvalue weighted by atomic mass is 19.4. The van der Waals surface area contributed by atoms with Crippen molar-refractivity contribution in [3.63, 3.8) is 0 Å². The third kappa shape index (κ3) is 7.78. The molecule has 0 radical (unpaired) electrons. The monoisotopic (exact) mass is 568 g/mol. The fraction of sp³-hybridized carbons (Fsp3) is 0.207. The molecule has 5 rings (SSSR count). The summed E-state index contributed by atoms with van der Waals surface area (Å²) in [5, 5.41) is 22.1. The highest BCUT2D eigenvalue weighted by molar-refractivity contribution is 5.87. The van der Waals surface area contributed by atoms with Gasteiger partial charge in [-0.25, -0.2) is 9.78 Å². The summed E-state index contributed by atoms with van der Waals surface area (Å²) in [5.41, 5.74) is 3.77. The number of rotatable bonds is 10. The molecule has 41 heavy (non-hydrogen) atoms. The summed E-state index contributed by atoms with van der Waals surface area (Å²) >= 11 is 0. The minimum Gasteiger partial charge on any atom is -0.493 e. The molecule has 0 spiro atoms. The van der Waals surface area contributed by atoms with E-state index in [2.05, 4.69) is 20.3 Å². The molecule has 3 aromatic heterocycles. The summed E-state index contributed by atoms with van der Waals surface area (Å²) in [6.07, 6.45) is -0.574. The van der Waals surface area contributed by atoms with Gasteiger partial charge in [0.25, 0.3) is 0 Å². The van der Waals surface area contributed by atoms with E-state index in [0.29, 0.717) is 6.61 Å². The van der Waals surface area contributed by atoms with Gasteiger partial charge in [-0.2, -0.15) is 13.2 Å². The normalized spacial score (nSPS) is 12.0. The lowest BCUT2D eigenvalue weighted by molar-refractivity contribution is -0.192. The van der Waals surface area contributed by atoms with Crippen LogP contribution in [0, 0.1) is 0 Å². The predicted octanol–water partition coefficient (Wildman–Crippen LogP) is 6.17. The summed E-state index contributed by atoms with van der Waals surface area (Å²) in [6.45, 7) is 1.35. The molecule has 5 N–H and O–H groups in total. The number of nitrogens with zero attached hydrogens (tertiary/aromatic N) is 1. The van der Waals surface area contributed by atoms with Gasteiger partial charge in [0, 0.05) is 53.0 Å². The van der Waals surface area contributed by atoms with Crippen molar-refractivity contribution in [1.82, 2.24) is 15.0 Å². The molecule has 1 atom stereocenters. The number of carbonyl (C=O) groups is 2. The summed E-state index contributed by atoms with van der Waals surface area (Å²) in [6, 6.07) is 21.7. The number of alkyl halides is 3. The van der Waals surface area contributed by atoms with Gasteiger partial charge in [0.2, 0.25) is 0 Å². The molecule has 0 saturated heterocycles. The molecular formula is C29H27F3N4O5. The Labute approximate surface area is 232 Å². The largest absolute Gasteiger partial charge is 0.493 e. The fourth-order valence-corrected chi connectivity index (χ4v) is 4.30. The van der Waals surface area contributed by atoms with E-state index in [-0.39, 0.29) is 12.3 Å². The zero-order chi connectivity index (χ0) is 29.4. The van der Waals surface area contributed by atoms with E-state index in [0.717, 1.165) is 57.6 Å². The predicted molar refractivity (Wildman–Crippen MR) is 147 cm³/mol.